The smallest absolute Gasteiger partial charge is 0.338 e. The number of carbonyl (C=O) groups is 1. The molecule has 3 aromatic carbocycles. The molecule has 0 spiro atoms. The highest BCUT2D eigenvalue weighted by atomic mass is 32.2. The van der Waals surface area contributed by atoms with Gasteiger partial charge in [0.25, 0.3) is 10.0 Å². The van der Waals surface area contributed by atoms with E-state index in [1.165, 1.54) is 31.2 Å². The van der Waals surface area contributed by atoms with Gasteiger partial charge in [-0.2, -0.15) is 0 Å². The molecule has 6 heteroatoms. The lowest BCUT2D eigenvalue weighted by molar-refractivity contribution is -0.130. The number of benzene rings is 3. The molecule has 0 heterocycles. The zero-order valence-corrected chi connectivity index (χ0v) is 14.9. The Morgan fingerprint density at radius 1 is 0.962 bits per heavy atom. The van der Waals surface area contributed by atoms with Crippen LogP contribution >= 0.6 is 0 Å². The average Bonchev–Trinajstić information content (AvgIpc) is 2.61. The summed E-state index contributed by atoms with van der Waals surface area (Å²) in [4.78, 5) is 11.6. The monoisotopic (exact) mass is 367 g/mol. The molecule has 0 amide bonds. The molecule has 0 radical (unpaired) electrons. The summed E-state index contributed by atoms with van der Waals surface area (Å²) in [6.07, 6.45) is 0. The predicted molar refractivity (Wildman–Crippen MR) is 102 cm³/mol. The van der Waals surface area contributed by atoms with E-state index in [9.17, 15) is 13.2 Å². The lowest BCUT2D eigenvalue weighted by Gasteiger charge is -2.10. The quantitative estimate of drug-likeness (QED) is 0.418. The SMILES string of the molecule is C=C(C)C(=O)Oc1cccc(S(=O)(=O)Nc2ccc3ccccc3c2)c1. The summed E-state index contributed by atoms with van der Waals surface area (Å²) >= 11 is 0. The van der Waals surface area contributed by atoms with Gasteiger partial charge in [-0.1, -0.05) is 43.0 Å². The van der Waals surface area contributed by atoms with Gasteiger partial charge in [-0.05, 0) is 42.0 Å². The molecule has 0 saturated carbocycles. The number of fused-ring (bicyclic) bond motifs is 1. The molecule has 3 aromatic rings. The molecular weight excluding hydrogens is 350 g/mol. The van der Waals surface area contributed by atoms with Crippen molar-refractivity contribution < 1.29 is 17.9 Å². The number of sulfonamides is 1. The summed E-state index contributed by atoms with van der Waals surface area (Å²) in [5.41, 5.74) is 0.681. The van der Waals surface area contributed by atoms with Gasteiger partial charge in [0.2, 0.25) is 0 Å². The van der Waals surface area contributed by atoms with E-state index in [0.29, 0.717) is 5.69 Å². The topological polar surface area (TPSA) is 72.5 Å². The molecule has 5 nitrogen and oxygen atoms in total. The zero-order chi connectivity index (χ0) is 18.7. The standard InChI is InChI=1S/C20H17NO4S/c1-14(2)20(22)25-18-8-5-9-19(13-18)26(23,24)21-17-11-10-15-6-3-4-7-16(15)12-17/h3-13,21H,1H2,2H3. The van der Waals surface area contributed by atoms with E-state index in [1.54, 1.807) is 12.1 Å². The second kappa shape index (κ2) is 7.01. The summed E-state index contributed by atoms with van der Waals surface area (Å²) < 4.78 is 32.9. The predicted octanol–water partition coefficient (Wildman–Crippen LogP) is 4.12. The molecular formula is C20H17NO4S. The third-order valence-electron chi connectivity index (χ3n) is 3.68. The van der Waals surface area contributed by atoms with Crippen molar-refractivity contribution in [3.63, 3.8) is 0 Å². The first-order valence-corrected chi connectivity index (χ1v) is 9.33. The lowest BCUT2D eigenvalue weighted by atomic mass is 10.1. The maximum absolute atomic E-state index is 12.6. The molecule has 0 aliphatic heterocycles. The minimum absolute atomic E-state index is 0.00215. The van der Waals surface area contributed by atoms with Crippen LogP contribution in [0.3, 0.4) is 0 Å². The zero-order valence-electron chi connectivity index (χ0n) is 14.1. The van der Waals surface area contributed by atoms with Crippen molar-refractivity contribution in [1.82, 2.24) is 0 Å². The number of ether oxygens (including phenoxy) is 1. The minimum Gasteiger partial charge on any atom is -0.423 e. The highest BCUT2D eigenvalue weighted by molar-refractivity contribution is 7.92. The molecule has 0 saturated heterocycles. The van der Waals surface area contributed by atoms with E-state index < -0.39 is 16.0 Å². The van der Waals surface area contributed by atoms with E-state index in [4.69, 9.17) is 4.74 Å². The minimum atomic E-state index is -3.82. The summed E-state index contributed by atoms with van der Waals surface area (Å²) in [6.45, 7) is 5.02. The van der Waals surface area contributed by atoms with Crippen molar-refractivity contribution in [1.29, 1.82) is 0 Å². The van der Waals surface area contributed by atoms with Gasteiger partial charge >= 0.3 is 5.97 Å². The third kappa shape index (κ3) is 3.92. The van der Waals surface area contributed by atoms with Crippen molar-refractivity contribution in [2.45, 2.75) is 11.8 Å². The van der Waals surface area contributed by atoms with Crippen LogP contribution in [0.4, 0.5) is 5.69 Å². The molecule has 0 aliphatic carbocycles. The molecule has 1 N–H and O–H groups in total. The molecule has 0 unspecified atom stereocenters. The van der Waals surface area contributed by atoms with E-state index in [2.05, 4.69) is 11.3 Å². The molecule has 132 valence electrons. The highest BCUT2D eigenvalue weighted by Crippen LogP contribution is 2.23. The van der Waals surface area contributed by atoms with Gasteiger partial charge in [-0.15, -0.1) is 0 Å². The number of esters is 1. The third-order valence-corrected chi connectivity index (χ3v) is 5.06. The molecule has 0 aliphatic rings. The highest BCUT2D eigenvalue weighted by Gasteiger charge is 2.16. The first-order chi connectivity index (χ1) is 12.3. The molecule has 0 atom stereocenters. The Morgan fingerprint density at radius 3 is 2.42 bits per heavy atom. The van der Waals surface area contributed by atoms with Gasteiger partial charge < -0.3 is 4.74 Å². The number of hydrogen-bond donors (Lipinski definition) is 1. The second-order valence-electron chi connectivity index (χ2n) is 5.81. The fourth-order valence-electron chi connectivity index (χ4n) is 2.37. The van der Waals surface area contributed by atoms with E-state index in [1.807, 2.05) is 30.3 Å². The van der Waals surface area contributed by atoms with Gasteiger partial charge in [0.05, 0.1) is 4.90 Å². The van der Waals surface area contributed by atoms with Gasteiger partial charge in [-0.3, -0.25) is 4.72 Å². The van der Waals surface area contributed by atoms with Gasteiger partial charge in [-0.25, -0.2) is 13.2 Å². The number of carbonyl (C=O) groups excluding carboxylic acids is 1. The number of anilines is 1. The van der Waals surface area contributed by atoms with Crippen molar-refractivity contribution in [3.05, 3.63) is 78.9 Å². The average molecular weight is 367 g/mol. The summed E-state index contributed by atoms with van der Waals surface area (Å²) in [7, 11) is -3.82. The fourth-order valence-corrected chi connectivity index (χ4v) is 3.45. The van der Waals surface area contributed by atoms with Gasteiger partial charge in [0.15, 0.2) is 0 Å². The van der Waals surface area contributed by atoms with Crippen molar-refractivity contribution in [2.24, 2.45) is 0 Å². The van der Waals surface area contributed by atoms with Crippen LogP contribution in [0.15, 0.2) is 83.8 Å². The van der Waals surface area contributed by atoms with Crippen LogP contribution in [-0.2, 0) is 14.8 Å². The van der Waals surface area contributed by atoms with Crippen molar-refractivity contribution in [3.8, 4) is 5.75 Å². The lowest BCUT2D eigenvalue weighted by Crippen LogP contribution is -2.14. The van der Waals surface area contributed by atoms with Gasteiger partial charge in [0, 0.05) is 17.3 Å². The number of hydrogen-bond acceptors (Lipinski definition) is 4. The second-order valence-corrected chi connectivity index (χ2v) is 7.49. The largest absolute Gasteiger partial charge is 0.423 e. The van der Waals surface area contributed by atoms with E-state index >= 15 is 0 Å². The summed E-state index contributed by atoms with van der Waals surface area (Å²) in [5, 5.41) is 1.95. The van der Waals surface area contributed by atoms with Crippen LogP contribution in [0.25, 0.3) is 10.8 Å². The summed E-state index contributed by atoms with van der Waals surface area (Å²) in [5.74, 6) is -0.471. The van der Waals surface area contributed by atoms with Crippen molar-refractivity contribution >= 4 is 32.5 Å². The Kier molecular flexibility index (Phi) is 4.77. The van der Waals surface area contributed by atoms with E-state index in [-0.39, 0.29) is 16.2 Å². The molecule has 3 rings (SSSR count). The van der Waals surface area contributed by atoms with Gasteiger partial charge in [0.1, 0.15) is 5.75 Å². The molecule has 0 bridgehead atoms. The number of rotatable bonds is 5. The number of nitrogens with one attached hydrogen (secondary N) is 1. The van der Waals surface area contributed by atoms with Crippen LogP contribution in [0.5, 0.6) is 5.75 Å². The van der Waals surface area contributed by atoms with Crippen molar-refractivity contribution in [2.75, 3.05) is 4.72 Å². The van der Waals surface area contributed by atoms with Crippen LogP contribution in [-0.4, -0.2) is 14.4 Å². The maximum atomic E-state index is 12.6. The van der Waals surface area contributed by atoms with Crippen LogP contribution < -0.4 is 9.46 Å². The Hall–Kier alpha value is -3.12. The Morgan fingerprint density at radius 2 is 1.69 bits per heavy atom. The molecule has 0 fully saturated rings. The molecule has 26 heavy (non-hydrogen) atoms. The van der Waals surface area contributed by atoms with Crippen LogP contribution in [0.2, 0.25) is 0 Å². The fraction of sp³-hybridized carbons (Fsp3) is 0.0500. The normalized spacial score (nSPS) is 11.1. The Balaban J connectivity index is 1.87. The maximum Gasteiger partial charge on any atom is 0.338 e. The summed E-state index contributed by atoms with van der Waals surface area (Å²) in [6, 6.07) is 18.7. The van der Waals surface area contributed by atoms with Crippen LogP contribution in [0.1, 0.15) is 6.92 Å². The molecule has 0 aromatic heterocycles. The first kappa shape index (κ1) is 17.7. The Bertz CT molecular complexity index is 1100. The van der Waals surface area contributed by atoms with E-state index in [0.717, 1.165) is 10.8 Å². The first-order valence-electron chi connectivity index (χ1n) is 7.84. The Labute approximate surface area is 152 Å². The van der Waals surface area contributed by atoms with Crippen LogP contribution in [0, 0.1) is 0 Å².